The predicted octanol–water partition coefficient (Wildman–Crippen LogP) is 5.20. The highest BCUT2D eigenvalue weighted by molar-refractivity contribution is 6.68. The first-order valence-electron chi connectivity index (χ1n) is 11.1. The van der Waals surface area contributed by atoms with Crippen molar-refractivity contribution in [3.8, 4) is 0 Å². The molecule has 0 amide bonds. The third-order valence-electron chi connectivity index (χ3n) is 8.05. The minimum Gasteiger partial charge on any atom is -0.403 e. The Morgan fingerprint density at radius 3 is 1.69 bits per heavy atom. The van der Waals surface area contributed by atoms with E-state index in [1.807, 2.05) is 0 Å². The molecule has 1 unspecified atom stereocenters. The van der Waals surface area contributed by atoms with Crippen LogP contribution < -0.4 is 0 Å². The van der Waals surface area contributed by atoms with Crippen molar-refractivity contribution in [1.29, 1.82) is 0 Å². The Balaban J connectivity index is 1.74. The molecule has 1 atom stereocenters. The Labute approximate surface area is 177 Å². The second-order valence-electron chi connectivity index (χ2n) is 11.0. The van der Waals surface area contributed by atoms with Crippen LogP contribution in [0.15, 0.2) is 24.3 Å². The van der Waals surface area contributed by atoms with Gasteiger partial charge in [-0.15, -0.1) is 0 Å². The molecule has 0 spiro atoms. The van der Waals surface area contributed by atoms with Crippen molar-refractivity contribution >= 4 is 14.2 Å². The number of benzene rings is 1. The van der Waals surface area contributed by atoms with Crippen LogP contribution in [0.5, 0.6) is 0 Å². The lowest BCUT2D eigenvalue weighted by molar-refractivity contribution is 0.00578. The Kier molecular flexibility index (Phi) is 5.06. The van der Waals surface area contributed by atoms with E-state index in [0.29, 0.717) is 0 Å². The number of hydrogen-bond acceptors (Lipinski definition) is 4. The quantitative estimate of drug-likeness (QED) is 0.656. The Morgan fingerprint density at radius 2 is 1.21 bits per heavy atom. The van der Waals surface area contributed by atoms with E-state index in [4.69, 9.17) is 18.6 Å². The van der Waals surface area contributed by atoms with Crippen LogP contribution in [0.4, 0.5) is 0 Å². The van der Waals surface area contributed by atoms with Crippen molar-refractivity contribution < 1.29 is 18.6 Å². The molecule has 0 radical (unpaired) electrons. The molecule has 0 N–H and O–H groups in total. The molecule has 2 heterocycles. The maximum Gasteiger partial charge on any atom is 0.459 e. The first-order valence-corrected chi connectivity index (χ1v) is 11.1. The fourth-order valence-corrected chi connectivity index (χ4v) is 4.79. The smallest absolute Gasteiger partial charge is 0.403 e. The summed E-state index contributed by atoms with van der Waals surface area (Å²) in [4.78, 5) is 0. The minimum atomic E-state index is -0.381. The molecule has 1 aliphatic carbocycles. The van der Waals surface area contributed by atoms with E-state index in [1.54, 1.807) is 0 Å². The van der Waals surface area contributed by atoms with Gasteiger partial charge in [-0.2, -0.15) is 0 Å². The largest absolute Gasteiger partial charge is 0.459 e. The number of rotatable bonds is 3. The van der Waals surface area contributed by atoms with E-state index in [1.165, 1.54) is 11.1 Å². The fourth-order valence-electron chi connectivity index (χ4n) is 4.79. The predicted molar refractivity (Wildman–Crippen MR) is 118 cm³/mol. The summed E-state index contributed by atoms with van der Waals surface area (Å²) in [6.07, 6.45) is 3.39. The van der Waals surface area contributed by atoms with Crippen molar-refractivity contribution in [2.75, 3.05) is 0 Å². The third-order valence-corrected chi connectivity index (χ3v) is 8.05. The number of hydrogen-bond donors (Lipinski definition) is 0. The van der Waals surface area contributed by atoms with Crippen LogP contribution in [0, 0.1) is 0 Å². The zero-order valence-electron chi connectivity index (χ0n) is 19.4. The molecule has 29 heavy (non-hydrogen) atoms. The summed E-state index contributed by atoms with van der Waals surface area (Å²) >= 11 is 0. The highest BCUT2D eigenvalue weighted by atomic mass is 16.7. The molecule has 0 aromatic heterocycles. The van der Waals surface area contributed by atoms with E-state index in [2.05, 4.69) is 79.7 Å². The monoisotopic (exact) mass is 398 g/mol. The average Bonchev–Trinajstić information content (AvgIpc) is 2.94. The molecule has 4 nitrogen and oxygen atoms in total. The molecule has 0 bridgehead atoms. The molecule has 1 aromatic rings. The summed E-state index contributed by atoms with van der Waals surface area (Å²) in [6, 6.07) is 8.80. The van der Waals surface area contributed by atoms with Gasteiger partial charge < -0.3 is 18.6 Å². The lowest BCUT2D eigenvalue weighted by atomic mass is 9.44. The maximum absolute atomic E-state index is 6.56. The van der Waals surface area contributed by atoms with Gasteiger partial charge in [0.2, 0.25) is 0 Å². The summed E-state index contributed by atoms with van der Waals surface area (Å²) in [7, 11) is -0.739. The van der Waals surface area contributed by atoms with Gasteiger partial charge in [-0.3, -0.25) is 0 Å². The van der Waals surface area contributed by atoms with Gasteiger partial charge in [-0.25, -0.2) is 0 Å². The average molecular weight is 398 g/mol. The van der Waals surface area contributed by atoms with Gasteiger partial charge in [0.1, 0.15) is 0 Å². The van der Waals surface area contributed by atoms with E-state index >= 15 is 0 Å². The summed E-state index contributed by atoms with van der Waals surface area (Å²) in [6.45, 7) is 16.9. The lowest BCUT2D eigenvalue weighted by Crippen LogP contribution is -2.42. The Hall–Kier alpha value is -0.810. The Bertz CT molecular complexity index is 706. The van der Waals surface area contributed by atoms with Crippen LogP contribution in [-0.4, -0.2) is 36.6 Å². The molecule has 6 heteroatoms. The summed E-state index contributed by atoms with van der Waals surface area (Å²) < 4.78 is 26.2. The van der Waals surface area contributed by atoms with Gasteiger partial charge in [-0.1, -0.05) is 24.3 Å². The molecule has 2 saturated heterocycles. The van der Waals surface area contributed by atoms with Crippen molar-refractivity contribution in [3.05, 3.63) is 35.4 Å². The molecule has 2 fully saturated rings. The van der Waals surface area contributed by atoms with Gasteiger partial charge in [0.25, 0.3) is 0 Å². The van der Waals surface area contributed by atoms with Crippen LogP contribution in [0.2, 0.25) is 5.72 Å². The van der Waals surface area contributed by atoms with Gasteiger partial charge in [0.05, 0.1) is 22.4 Å². The van der Waals surface area contributed by atoms with E-state index in [9.17, 15) is 0 Å². The molecule has 158 valence electrons. The van der Waals surface area contributed by atoms with E-state index in [0.717, 1.165) is 19.3 Å². The maximum atomic E-state index is 6.56. The summed E-state index contributed by atoms with van der Waals surface area (Å²) in [5.41, 5.74) is 1.27. The van der Waals surface area contributed by atoms with Crippen LogP contribution in [0.3, 0.4) is 0 Å². The first kappa shape index (κ1) is 21.4. The van der Waals surface area contributed by atoms with Crippen LogP contribution in [0.1, 0.15) is 85.3 Å². The van der Waals surface area contributed by atoms with Crippen molar-refractivity contribution in [2.24, 2.45) is 0 Å². The summed E-state index contributed by atoms with van der Waals surface area (Å²) in [5.74, 6) is 0.282. The fraction of sp³-hybridized carbons (Fsp3) is 0.739. The standard InChI is InChI=1S/C23H36B2O4/c1-20(2)21(3,4)27-24(26-20)19(25-28-22(5,6)23(7,8)29-25)18-15-11-13-16-12-9-10-14-17(16)18/h9-10,12,14,18-19H,11,13,15H2,1-8H3. The van der Waals surface area contributed by atoms with Crippen LogP contribution in [-0.2, 0) is 25.0 Å². The molecular weight excluding hydrogens is 362 g/mol. The third kappa shape index (κ3) is 3.50. The van der Waals surface area contributed by atoms with Gasteiger partial charge in [0, 0.05) is 5.72 Å². The molecule has 1 aromatic carbocycles. The van der Waals surface area contributed by atoms with Crippen LogP contribution in [0.25, 0.3) is 0 Å². The molecule has 2 aliphatic heterocycles. The van der Waals surface area contributed by atoms with Crippen molar-refractivity contribution in [3.63, 3.8) is 0 Å². The topological polar surface area (TPSA) is 36.9 Å². The molecule has 0 saturated carbocycles. The normalized spacial score (nSPS) is 29.3. The number of aryl methyl sites for hydroxylation is 1. The molecule has 3 aliphatic rings. The van der Waals surface area contributed by atoms with Gasteiger partial charge >= 0.3 is 14.2 Å². The van der Waals surface area contributed by atoms with E-state index in [-0.39, 0.29) is 48.3 Å². The van der Waals surface area contributed by atoms with Crippen LogP contribution >= 0.6 is 0 Å². The minimum absolute atomic E-state index is 0.0291. The second-order valence-corrected chi connectivity index (χ2v) is 11.0. The number of fused-ring (bicyclic) bond motifs is 1. The first-order chi connectivity index (χ1) is 13.3. The van der Waals surface area contributed by atoms with Gasteiger partial charge in [-0.05, 0) is 91.7 Å². The molecule has 4 rings (SSSR count). The van der Waals surface area contributed by atoms with Gasteiger partial charge in [0.15, 0.2) is 0 Å². The summed E-state index contributed by atoms with van der Waals surface area (Å²) in [5, 5.41) is 0. The molecular formula is C23H36B2O4. The lowest BCUT2D eigenvalue weighted by Gasteiger charge is -2.34. The Morgan fingerprint density at radius 1 is 0.759 bits per heavy atom. The zero-order valence-corrected chi connectivity index (χ0v) is 19.4. The SMILES string of the molecule is CC1(C)OB(C(B2OC(C)(C)C(C)(C)O2)C2CCCc3ccccc32)OC1(C)C. The highest BCUT2D eigenvalue weighted by Gasteiger charge is 2.63. The second kappa shape index (κ2) is 6.85. The van der Waals surface area contributed by atoms with Crippen molar-refractivity contribution in [2.45, 2.75) is 109 Å². The van der Waals surface area contributed by atoms with Crippen molar-refractivity contribution in [1.82, 2.24) is 0 Å². The zero-order chi connectivity index (χ0) is 21.2. The van der Waals surface area contributed by atoms with E-state index < -0.39 is 0 Å². The highest BCUT2D eigenvalue weighted by Crippen LogP contribution is 2.52.